The number of nitrogens with one attached hydrogen (secondary N) is 1. The van der Waals surface area contributed by atoms with E-state index >= 15 is 0 Å². The Morgan fingerprint density at radius 1 is 1.47 bits per heavy atom. The monoisotopic (exact) mass is 239 g/mol. The molecule has 0 aromatic carbocycles. The maximum absolute atomic E-state index is 11.6. The molecule has 94 valence electrons. The highest BCUT2D eigenvalue weighted by molar-refractivity contribution is 5.87. The predicted octanol–water partition coefficient (Wildman–Crippen LogP) is 0.540. The van der Waals surface area contributed by atoms with Crippen molar-refractivity contribution in [3.8, 4) is 12.3 Å². The first-order valence-corrected chi connectivity index (χ1v) is 5.66. The molecule has 1 amide bonds. The quantitative estimate of drug-likeness (QED) is 0.524. The van der Waals surface area contributed by atoms with Crippen LogP contribution in [0.25, 0.3) is 0 Å². The minimum atomic E-state index is -1.23. The Hall–Kier alpha value is -1.54. The molecular formula is C12H17NO4. The molecule has 1 rings (SSSR count). The SMILES string of the molecule is C#CCCCCC(=O)NC1(C(=O)O)CCOC1. The molecule has 0 aliphatic carbocycles. The number of aliphatic carboxylic acids is 1. The minimum absolute atomic E-state index is 0.0401. The van der Waals surface area contributed by atoms with Gasteiger partial charge in [-0.2, -0.15) is 0 Å². The van der Waals surface area contributed by atoms with E-state index in [0.717, 1.165) is 6.42 Å². The first-order valence-electron chi connectivity index (χ1n) is 5.66. The van der Waals surface area contributed by atoms with Crippen molar-refractivity contribution in [1.82, 2.24) is 5.32 Å². The van der Waals surface area contributed by atoms with E-state index in [1.165, 1.54) is 0 Å². The highest BCUT2D eigenvalue weighted by Crippen LogP contribution is 2.19. The minimum Gasteiger partial charge on any atom is -0.479 e. The van der Waals surface area contributed by atoms with Crippen molar-refractivity contribution in [2.45, 2.75) is 37.6 Å². The van der Waals surface area contributed by atoms with Gasteiger partial charge >= 0.3 is 5.97 Å². The van der Waals surface area contributed by atoms with Gasteiger partial charge in [-0.3, -0.25) is 4.79 Å². The van der Waals surface area contributed by atoms with Crippen molar-refractivity contribution in [2.24, 2.45) is 0 Å². The van der Waals surface area contributed by atoms with Gasteiger partial charge < -0.3 is 15.2 Å². The lowest BCUT2D eigenvalue weighted by molar-refractivity contribution is -0.147. The van der Waals surface area contributed by atoms with Gasteiger partial charge in [0.1, 0.15) is 0 Å². The third-order valence-corrected chi connectivity index (χ3v) is 2.78. The summed E-state index contributed by atoms with van der Waals surface area (Å²) in [6, 6.07) is 0. The largest absolute Gasteiger partial charge is 0.479 e. The normalized spacial score (nSPS) is 23.0. The number of hydrogen-bond acceptors (Lipinski definition) is 3. The smallest absolute Gasteiger partial charge is 0.331 e. The summed E-state index contributed by atoms with van der Waals surface area (Å²) >= 11 is 0. The molecule has 1 saturated heterocycles. The molecule has 0 spiro atoms. The summed E-state index contributed by atoms with van der Waals surface area (Å²) in [5.74, 6) is 1.20. The van der Waals surface area contributed by atoms with Crippen LogP contribution in [-0.2, 0) is 14.3 Å². The number of rotatable bonds is 6. The van der Waals surface area contributed by atoms with Crippen LogP contribution in [0.15, 0.2) is 0 Å². The number of ether oxygens (including phenoxy) is 1. The summed E-state index contributed by atoms with van der Waals surface area (Å²) in [4.78, 5) is 22.7. The molecule has 1 aliphatic rings. The van der Waals surface area contributed by atoms with Gasteiger partial charge in [-0.05, 0) is 12.8 Å². The number of amides is 1. The second-order valence-corrected chi connectivity index (χ2v) is 4.15. The van der Waals surface area contributed by atoms with Crippen LogP contribution in [0.2, 0.25) is 0 Å². The molecule has 2 N–H and O–H groups in total. The lowest BCUT2D eigenvalue weighted by atomic mass is 9.98. The molecular weight excluding hydrogens is 222 g/mol. The zero-order valence-corrected chi connectivity index (χ0v) is 9.70. The summed E-state index contributed by atoms with van der Waals surface area (Å²) < 4.78 is 5.04. The van der Waals surface area contributed by atoms with Gasteiger partial charge in [0, 0.05) is 25.9 Å². The molecule has 5 heteroatoms. The van der Waals surface area contributed by atoms with Crippen LogP contribution in [0.3, 0.4) is 0 Å². The van der Waals surface area contributed by atoms with E-state index in [0.29, 0.717) is 32.3 Å². The number of terminal acetylenes is 1. The van der Waals surface area contributed by atoms with E-state index in [-0.39, 0.29) is 12.5 Å². The average Bonchev–Trinajstić information content (AvgIpc) is 2.74. The van der Waals surface area contributed by atoms with E-state index in [1.54, 1.807) is 0 Å². The first-order chi connectivity index (χ1) is 8.10. The highest BCUT2D eigenvalue weighted by atomic mass is 16.5. The van der Waals surface area contributed by atoms with E-state index < -0.39 is 11.5 Å². The van der Waals surface area contributed by atoms with E-state index in [4.69, 9.17) is 16.3 Å². The number of carbonyl (C=O) groups excluding carboxylic acids is 1. The summed E-state index contributed by atoms with van der Waals surface area (Å²) in [5.41, 5.74) is -1.23. The topological polar surface area (TPSA) is 75.6 Å². The van der Waals surface area contributed by atoms with Crippen LogP contribution in [-0.4, -0.2) is 35.7 Å². The Bertz CT molecular complexity index is 326. The van der Waals surface area contributed by atoms with Gasteiger partial charge in [0.05, 0.1) is 6.61 Å². The fourth-order valence-corrected chi connectivity index (χ4v) is 1.73. The molecule has 1 heterocycles. The molecule has 5 nitrogen and oxygen atoms in total. The summed E-state index contributed by atoms with van der Waals surface area (Å²) in [5, 5.41) is 11.7. The van der Waals surface area contributed by atoms with Crippen LogP contribution in [0, 0.1) is 12.3 Å². The molecule has 0 saturated carbocycles. The number of carboxylic acids is 1. The van der Waals surface area contributed by atoms with Crippen LogP contribution in [0.5, 0.6) is 0 Å². The molecule has 0 aromatic heterocycles. The van der Waals surface area contributed by atoms with Crippen LogP contribution in [0.1, 0.15) is 32.1 Å². The Labute approximate surface area is 101 Å². The van der Waals surface area contributed by atoms with Crippen molar-refractivity contribution < 1.29 is 19.4 Å². The Kier molecular flexibility index (Phi) is 4.98. The third kappa shape index (κ3) is 3.75. The van der Waals surface area contributed by atoms with Crippen LogP contribution < -0.4 is 5.32 Å². The average molecular weight is 239 g/mol. The zero-order valence-electron chi connectivity index (χ0n) is 9.70. The first kappa shape index (κ1) is 13.5. The lowest BCUT2D eigenvalue weighted by Gasteiger charge is -2.23. The Morgan fingerprint density at radius 2 is 2.24 bits per heavy atom. The maximum atomic E-state index is 11.6. The van der Waals surface area contributed by atoms with Crippen molar-refractivity contribution in [3.63, 3.8) is 0 Å². The Morgan fingerprint density at radius 3 is 2.76 bits per heavy atom. The molecule has 0 aromatic rings. The Balaban J connectivity index is 2.38. The number of carboxylic acid groups (broad SMARTS) is 1. The second kappa shape index (κ2) is 6.26. The predicted molar refractivity (Wildman–Crippen MR) is 61.2 cm³/mol. The summed E-state index contributed by atoms with van der Waals surface area (Å²) in [7, 11) is 0. The molecule has 1 aliphatic heterocycles. The zero-order chi connectivity index (χ0) is 12.7. The van der Waals surface area contributed by atoms with Crippen molar-refractivity contribution in [2.75, 3.05) is 13.2 Å². The summed E-state index contributed by atoms with van der Waals surface area (Å²) in [6.07, 6.45) is 7.80. The maximum Gasteiger partial charge on any atom is 0.331 e. The molecule has 1 fully saturated rings. The van der Waals surface area contributed by atoms with Gasteiger partial charge in [0.2, 0.25) is 5.91 Å². The van der Waals surface area contributed by atoms with E-state index in [1.807, 2.05) is 0 Å². The fraction of sp³-hybridized carbons (Fsp3) is 0.667. The van der Waals surface area contributed by atoms with Gasteiger partial charge in [-0.25, -0.2) is 4.79 Å². The highest BCUT2D eigenvalue weighted by Gasteiger charge is 2.43. The summed E-state index contributed by atoms with van der Waals surface area (Å²) in [6.45, 7) is 0.405. The molecule has 0 bridgehead atoms. The molecule has 1 unspecified atom stereocenters. The molecule has 1 atom stereocenters. The van der Waals surface area contributed by atoms with Crippen LogP contribution in [0.4, 0.5) is 0 Å². The van der Waals surface area contributed by atoms with Crippen molar-refractivity contribution in [3.05, 3.63) is 0 Å². The third-order valence-electron chi connectivity index (χ3n) is 2.78. The molecule has 17 heavy (non-hydrogen) atoms. The number of carbonyl (C=O) groups is 2. The molecule has 0 radical (unpaired) electrons. The standard InChI is InChI=1S/C12H17NO4/c1-2-3-4-5-6-10(14)13-12(11(15)16)7-8-17-9-12/h1H,3-9H2,(H,13,14)(H,15,16). The second-order valence-electron chi connectivity index (χ2n) is 4.15. The van der Waals surface area contributed by atoms with Crippen molar-refractivity contribution >= 4 is 11.9 Å². The van der Waals surface area contributed by atoms with Crippen LogP contribution >= 0.6 is 0 Å². The van der Waals surface area contributed by atoms with Gasteiger partial charge in [-0.15, -0.1) is 12.3 Å². The number of hydrogen-bond donors (Lipinski definition) is 2. The van der Waals surface area contributed by atoms with Gasteiger partial charge in [0.15, 0.2) is 5.54 Å². The fourth-order valence-electron chi connectivity index (χ4n) is 1.73. The van der Waals surface area contributed by atoms with Gasteiger partial charge in [-0.1, -0.05) is 0 Å². The van der Waals surface area contributed by atoms with Gasteiger partial charge in [0.25, 0.3) is 0 Å². The van der Waals surface area contributed by atoms with Crippen molar-refractivity contribution in [1.29, 1.82) is 0 Å². The van der Waals surface area contributed by atoms with E-state index in [2.05, 4.69) is 11.2 Å². The number of unbranched alkanes of at least 4 members (excludes halogenated alkanes) is 2. The van der Waals surface area contributed by atoms with E-state index in [9.17, 15) is 9.59 Å². The lowest BCUT2D eigenvalue weighted by Crippen LogP contribution is -2.55.